The largest absolute Gasteiger partial charge is 0.591 e. The Hall–Kier alpha value is -1.01. The van der Waals surface area contributed by atoms with E-state index in [2.05, 4.69) is 4.40 Å². The van der Waals surface area contributed by atoms with E-state index in [9.17, 15) is 17.7 Å². The number of rotatable bonds is 2. The summed E-state index contributed by atoms with van der Waals surface area (Å²) >= 11 is -1.50. The van der Waals surface area contributed by atoms with Crippen LogP contribution in [0.5, 0.6) is 0 Å². The third kappa shape index (κ3) is 3.99. The zero-order chi connectivity index (χ0) is 15.7. The van der Waals surface area contributed by atoms with E-state index in [1.165, 1.54) is 13.0 Å². The topological polar surface area (TPSA) is 35.4 Å². The van der Waals surface area contributed by atoms with Crippen LogP contribution in [-0.2, 0) is 17.5 Å². The number of benzene rings is 1. The summed E-state index contributed by atoms with van der Waals surface area (Å²) in [5.41, 5.74) is 0.137. The van der Waals surface area contributed by atoms with Crippen LogP contribution in [-0.4, -0.2) is 15.0 Å². The van der Waals surface area contributed by atoms with Gasteiger partial charge in [0.25, 0.3) is 0 Å². The van der Waals surface area contributed by atoms with Crippen molar-refractivity contribution in [3.63, 3.8) is 0 Å². The fourth-order valence-electron chi connectivity index (χ4n) is 1.65. The molecular weight excluding hydrogens is 287 g/mol. The molecule has 0 saturated heterocycles. The zero-order valence-electron chi connectivity index (χ0n) is 12.1. The van der Waals surface area contributed by atoms with Crippen molar-refractivity contribution in [1.29, 1.82) is 0 Å². The number of nitrogens with zero attached hydrogens (tertiary/aromatic N) is 1. The molecule has 0 amide bonds. The molecule has 0 aromatic heterocycles. The Labute approximate surface area is 120 Å². The van der Waals surface area contributed by atoms with Gasteiger partial charge in [0.1, 0.15) is 16.1 Å². The van der Waals surface area contributed by atoms with Crippen molar-refractivity contribution in [2.45, 2.75) is 45.5 Å². The first-order valence-corrected chi connectivity index (χ1v) is 7.19. The highest BCUT2D eigenvalue weighted by atomic mass is 32.2. The monoisotopic (exact) mass is 305 g/mol. The molecule has 0 heterocycles. The summed E-state index contributed by atoms with van der Waals surface area (Å²) in [6.45, 7) is 8.26. The van der Waals surface area contributed by atoms with Crippen molar-refractivity contribution in [3.05, 3.63) is 34.9 Å². The normalized spacial score (nSPS) is 15.3. The quantitative estimate of drug-likeness (QED) is 0.593. The SMILES string of the molecule is C/C(=N\[S@+]([O-])C(C)(C)C)c1cccc(C(F)(F)F)c1C. The van der Waals surface area contributed by atoms with Gasteiger partial charge in [-0.25, -0.2) is 0 Å². The van der Waals surface area contributed by atoms with Gasteiger partial charge in [0, 0.05) is 5.56 Å². The van der Waals surface area contributed by atoms with Crippen molar-refractivity contribution >= 4 is 17.1 Å². The minimum Gasteiger partial charge on any atom is -0.591 e. The highest BCUT2D eigenvalue weighted by Crippen LogP contribution is 2.33. The van der Waals surface area contributed by atoms with Crippen molar-refractivity contribution < 1.29 is 17.7 Å². The standard InChI is InChI=1S/C14H18F3NOS/c1-9-11(7-6-8-12(9)14(15,16)17)10(2)18-20(19)13(3,4)5/h6-8H,1-5H3/b18-10+/t20-/m1/s1. The molecule has 2 nitrogen and oxygen atoms in total. The van der Waals surface area contributed by atoms with Crippen LogP contribution in [0.25, 0.3) is 0 Å². The molecule has 0 unspecified atom stereocenters. The van der Waals surface area contributed by atoms with Gasteiger partial charge in [-0.15, -0.1) is 0 Å². The number of hydrogen-bond acceptors (Lipinski definition) is 2. The molecule has 0 radical (unpaired) electrons. The van der Waals surface area contributed by atoms with Gasteiger partial charge in [0.05, 0.1) is 11.3 Å². The lowest BCUT2D eigenvalue weighted by atomic mass is 9.99. The van der Waals surface area contributed by atoms with E-state index in [1.807, 2.05) is 0 Å². The molecule has 112 valence electrons. The summed E-state index contributed by atoms with van der Waals surface area (Å²) in [5.74, 6) is 0. The van der Waals surface area contributed by atoms with Crippen LogP contribution in [0.15, 0.2) is 22.6 Å². The van der Waals surface area contributed by atoms with E-state index in [1.54, 1.807) is 33.8 Å². The Balaban J connectivity index is 3.25. The van der Waals surface area contributed by atoms with Crippen molar-refractivity contribution in [2.75, 3.05) is 0 Å². The lowest BCUT2D eigenvalue weighted by Crippen LogP contribution is -2.27. The van der Waals surface area contributed by atoms with Crippen molar-refractivity contribution in [3.8, 4) is 0 Å². The molecule has 0 aliphatic heterocycles. The number of alkyl halides is 3. The smallest absolute Gasteiger partial charge is 0.416 e. The summed E-state index contributed by atoms with van der Waals surface area (Å²) in [4.78, 5) is 0. The fraction of sp³-hybridized carbons (Fsp3) is 0.500. The van der Waals surface area contributed by atoms with Crippen LogP contribution in [0.2, 0.25) is 0 Å². The summed E-state index contributed by atoms with van der Waals surface area (Å²) in [7, 11) is 0. The Morgan fingerprint density at radius 2 is 1.75 bits per heavy atom. The van der Waals surface area contributed by atoms with Crippen LogP contribution in [0.1, 0.15) is 44.4 Å². The van der Waals surface area contributed by atoms with Crippen LogP contribution >= 0.6 is 0 Å². The first-order chi connectivity index (χ1) is 8.94. The van der Waals surface area contributed by atoms with Gasteiger partial charge in [-0.3, -0.25) is 0 Å². The fourth-order valence-corrected chi connectivity index (χ4v) is 2.27. The van der Waals surface area contributed by atoms with E-state index in [-0.39, 0.29) is 5.56 Å². The zero-order valence-corrected chi connectivity index (χ0v) is 12.9. The molecule has 0 saturated carbocycles. The predicted octanol–water partition coefficient (Wildman–Crippen LogP) is 4.29. The average molecular weight is 305 g/mol. The van der Waals surface area contributed by atoms with Crippen LogP contribution < -0.4 is 0 Å². The molecule has 20 heavy (non-hydrogen) atoms. The lowest BCUT2D eigenvalue weighted by Gasteiger charge is -2.19. The summed E-state index contributed by atoms with van der Waals surface area (Å²) in [6, 6.07) is 3.93. The van der Waals surface area contributed by atoms with Crippen molar-refractivity contribution in [1.82, 2.24) is 0 Å². The highest BCUT2D eigenvalue weighted by molar-refractivity contribution is 7.91. The second kappa shape index (κ2) is 5.77. The molecule has 0 spiro atoms. The third-order valence-electron chi connectivity index (χ3n) is 2.77. The molecule has 0 bridgehead atoms. The third-order valence-corrected chi connectivity index (χ3v) is 4.26. The second-order valence-electron chi connectivity index (χ2n) is 5.51. The molecule has 0 aliphatic rings. The van der Waals surface area contributed by atoms with E-state index < -0.39 is 27.8 Å². The van der Waals surface area contributed by atoms with Gasteiger partial charge in [-0.1, -0.05) is 16.5 Å². The molecule has 1 aromatic carbocycles. The van der Waals surface area contributed by atoms with Crippen LogP contribution in [0.4, 0.5) is 13.2 Å². The van der Waals surface area contributed by atoms with E-state index >= 15 is 0 Å². The Morgan fingerprint density at radius 3 is 2.20 bits per heavy atom. The Morgan fingerprint density at radius 1 is 1.20 bits per heavy atom. The van der Waals surface area contributed by atoms with E-state index in [0.717, 1.165) is 6.07 Å². The maximum atomic E-state index is 12.8. The maximum absolute atomic E-state index is 12.8. The van der Waals surface area contributed by atoms with E-state index in [4.69, 9.17) is 0 Å². The van der Waals surface area contributed by atoms with Gasteiger partial charge < -0.3 is 4.55 Å². The molecule has 6 heteroatoms. The van der Waals surface area contributed by atoms with Crippen molar-refractivity contribution in [2.24, 2.45) is 4.40 Å². The summed E-state index contributed by atoms with van der Waals surface area (Å²) in [6.07, 6.45) is -4.40. The molecule has 1 atom stereocenters. The maximum Gasteiger partial charge on any atom is 0.416 e. The minimum atomic E-state index is -4.40. The molecule has 0 N–H and O–H groups in total. The first kappa shape index (κ1) is 17.0. The summed E-state index contributed by atoms with van der Waals surface area (Å²) in [5, 5.41) is 0. The molecular formula is C14H18F3NOS. The molecule has 0 fully saturated rings. The number of hydrogen-bond donors (Lipinski definition) is 0. The molecule has 1 aromatic rings. The van der Waals surface area contributed by atoms with Crippen LogP contribution in [0, 0.1) is 6.92 Å². The number of halogens is 3. The lowest BCUT2D eigenvalue weighted by molar-refractivity contribution is -0.138. The molecule has 0 aliphatic carbocycles. The Bertz CT molecular complexity index is 518. The van der Waals surface area contributed by atoms with Gasteiger partial charge >= 0.3 is 6.18 Å². The Kier molecular flexibility index (Phi) is 4.92. The predicted molar refractivity (Wildman–Crippen MR) is 76.3 cm³/mol. The van der Waals surface area contributed by atoms with Gasteiger partial charge in [0.2, 0.25) is 0 Å². The first-order valence-electron chi connectivity index (χ1n) is 6.09. The summed E-state index contributed by atoms with van der Waals surface area (Å²) < 4.78 is 54.0. The van der Waals surface area contributed by atoms with E-state index in [0.29, 0.717) is 11.3 Å². The van der Waals surface area contributed by atoms with Gasteiger partial charge in [-0.2, -0.15) is 13.2 Å². The van der Waals surface area contributed by atoms with Crippen LogP contribution in [0.3, 0.4) is 0 Å². The highest BCUT2D eigenvalue weighted by Gasteiger charge is 2.33. The van der Waals surface area contributed by atoms with Gasteiger partial charge in [0.15, 0.2) is 0 Å². The average Bonchev–Trinajstić information content (AvgIpc) is 2.26. The molecule has 1 rings (SSSR count). The minimum absolute atomic E-state index is 0.104. The second-order valence-corrected chi connectivity index (χ2v) is 7.42. The van der Waals surface area contributed by atoms with Gasteiger partial charge in [-0.05, 0) is 46.2 Å².